The van der Waals surface area contributed by atoms with Gasteiger partial charge in [-0.2, -0.15) is 0 Å². The molecule has 0 spiro atoms. The zero-order chi connectivity index (χ0) is 14.5. The van der Waals surface area contributed by atoms with Crippen LogP contribution in [-0.2, 0) is 6.42 Å². The molecule has 1 atom stereocenters. The topological polar surface area (TPSA) is 21.3 Å². The van der Waals surface area contributed by atoms with Crippen LogP contribution < -0.4 is 10.1 Å². The van der Waals surface area contributed by atoms with Crippen LogP contribution in [0.2, 0.25) is 0 Å². The first-order chi connectivity index (χ1) is 10.3. The molecule has 1 unspecified atom stereocenters. The molecule has 110 valence electrons. The highest BCUT2D eigenvalue weighted by atomic mass is 32.2. The Labute approximate surface area is 130 Å². The van der Waals surface area contributed by atoms with Crippen LogP contribution in [0.15, 0.2) is 53.4 Å². The van der Waals surface area contributed by atoms with Crippen molar-refractivity contribution in [2.24, 2.45) is 0 Å². The number of nitrogens with one attached hydrogen (secondary N) is 1. The van der Waals surface area contributed by atoms with E-state index < -0.39 is 0 Å². The molecule has 1 aliphatic heterocycles. The van der Waals surface area contributed by atoms with E-state index in [-0.39, 0.29) is 0 Å². The van der Waals surface area contributed by atoms with Gasteiger partial charge >= 0.3 is 0 Å². The standard InChI is InChI=1S/C18H21NOS/c1-14(15-7-8-18-16(13-15)9-11-20-18)19-10-12-21-17-5-3-2-4-6-17/h2-8,13-14,19H,9-12H2,1H3. The maximum atomic E-state index is 5.56. The summed E-state index contributed by atoms with van der Waals surface area (Å²) in [6.45, 7) is 4.06. The number of fused-ring (bicyclic) bond motifs is 1. The molecule has 0 aromatic heterocycles. The van der Waals surface area contributed by atoms with E-state index in [2.05, 4.69) is 60.8 Å². The van der Waals surface area contributed by atoms with Crippen LogP contribution in [0, 0.1) is 0 Å². The lowest BCUT2D eigenvalue weighted by atomic mass is 10.0. The molecule has 2 aromatic carbocycles. The molecule has 0 saturated heterocycles. The summed E-state index contributed by atoms with van der Waals surface area (Å²) < 4.78 is 5.56. The van der Waals surface area contributed by atoms with E-state index in [1.165, 1.54) is 16.0 Å². The van der Waals surface area contributed by atoms with Gasteiger partial charge in [-0.1, -0.05) is 30.3 Å². The second-order valence-electron chi connectivity index (χ2n) is 5.30. The summed E-state index contributed by atoms with van der Waals surface area (Å²) in [6.07, 6.45) is 1.04. The summed E-state index contributed by atoms with van der Waals surface area (Å²) in [5.41, 5.74) is 2.70. The molecule has 0 amide bonds. The fraction of sp³-hybridized carbons (Fsp3) is 0.333. The van der Waals surface area contributed by atoms with Gasteiger partial charge in [-0.05, 0) is 36.2 Å². The Bertz CT molecular complexity index is 585. The zero-order valence-corrected chi connectivity index (χ0v) is 13.2. The quantitative estimate of drug-likeness (QED) is 0.642. The number of hydrogen-bond donors (Lipinski definition) is 1. The minimum atomic E-state index is 0.382. The Morgan fingerprint density at radius 3 is 2.90 bits per heavy atom. The molecule has 1 heterocycles. The maximum absolute atomic E-state index is 5.56. The van der Waals surface area contributed by atoms with Crippen molar-refractivity contribution < 1.29 is 4.74 Å². The molecular weight excluding hydrogens is 278 g/mol. The third-order valence-corrected chi connectivity index (χ3v) is 4.79. The van der Waals surface area contributed by atoms with E-state index in [4.69, 9.17) is 4.74 Å². The number of benzene rings is 2. The SMILES string of the molecule is CC(NCCSc1ccccc1)c1ccc2c(c1)CCO2. The van der Waals surface area contributed by atoms with Crippen molar-refractivity contribution in [2.45, 2.75) is 24.3 Å². The Kier molecular flexibility index (Phi) is 4.84. The van der Waals surface area contributed by atoms with Crippen molar-refractivity contribution in [3.05, 3.63) is 59.7 Å². The van der Waals surface area contributed by atoms with Crippen LogP contribution in [0.25, 0.3) is 0 Å². The van der Waals surface area contributed by atoms with Gasteiger partial charge in [-0.3, -0.25) is 0 Å². The molecule has 21 heavy (non-hydrogen) atoms. The van der Waals surface area contributed by atoms with E-state index >= 15 is 0 Å². The lowest BCUT2D eigenvalue weighted by Crippen LogP contribution is -2.21. The summed E-state index contributed by atoms with van der Waals surface area (Å²) in [6, 6.07) is 17.5. The van der Waals surface area contributed by atoms with Gasteiger partial charge < -0.3 is 10.1 Å². The Hall–Kier alpha value is -1.45. The normalized spacial score (nSPS) is 14.5. The predicted octanol–water partition coefficient (Wildman–Crippen LogP) is 4.06. The van der Waals surface area contributed by atoms with E-state index in [9.17, 15) is 0 Å². The van der Waals surface area contributed by atoms with Gasteiger partial charge in [0.15, 0.2) is 0 Å². The minimum Gasteiger partial charge on any atom is -0.493 e. The summed E-state index contributed by atoms with van der Waals surface area (Å²) >= 11 is 1.90. The second-order valence-corrected chi connectivity index (χ2v) is 6.47. The van der Waals surface area contributed by atoms with Crippen LogP contribution in [-0.4, -0.2) is 18.9 Å². The van der Waals surface area contributed by atoms with Gasteiger partial charge in [0.05, 0.1) is 6.61 Å². The van der Waals surface area contributed by atoms with Gasteiger partial charge in [0.1, 0.15) is 5.75 Å². The average Bonchev–Trinajstić information content (AvgIpc) is 3.00. The fourth-order valence-electron chi connectivity index (χ4n) is 2.55. The first-order valence-corrected chi connectivity index (χ1v) is 8.48. The van der Waals surface area contributed by atoms with Gasteiger partial charge in [-0.25, -0.2) is 0 Å². The van der Waals surface area contributed by atoms with Crippen LogP contribution in [0.3, 0.4) is 0 Å². The molecule has 2 nitrogen and oxygen atoms in total. The number of ether oxygens (including phenoxy) is 1. The molecule has 3 rings (SSSR count). The van der Waals surface area contributed by atoms with Crippen molar-refractivity contribution in [3.8, 4) is 5.75 Å². The van der Waals surface area contributed by atoms with Crippen molar-refractivity contribution in [3.63, 3.8) is 0 Å². The summed E-state index contributed by atoms with van der Waals surface area (Å²) in [5.74, 6) is 2.15. The molecule has 0 saturated carbocycles. The lowest BCUT2D eigenvalue weighted by molar-refractivity contribution is 0.356. The lowest BCUT2D eigenvalue weighted by Gasteiger charge is -2.15. The van der Waals surface area contributed by atoms with Gasteiger partial charge in [0.25, 0.3) is 0 Å². The maximum Gasteiger partial charge on any atom is 0.122 e. The number of thioether (sulfide) groups is 1. The van der Waals surface area contributed by atoms with Crippen molar-refractivity contribution in [2.75, 3.05) is 18.9 Å². The smallest absolute Gasteiger partial charge is 0.122 e. The summed E-state index contributed by atoms with van der Waals surface area (Å²) in [7, 11) is 0. The Balaban J connectivity index is 1.47. The highest BCUT2D eigenvalue weighted by molar-refractivity contribution is 7.99. The van der Waals surface area contributed by atoms with Crippen LogP contribution in [0.5, 0.6) is 5.75 Å². The summed E-state index contributed by atoms with van der Waals surface area (Å²) in [4.78, 5) is 1.33. The van der Waals surface area contributed by atoms with Crippen LogP contribution >= 0.6 is 11.8 Å². The largest absolute Gasteiger partial charge is 0.493 e. The van der Waals surface area contributed by atoms with Gasteiger partial charge in [0, 0.05) is 29.7 Å². The molecule has 1 N–H and O–H groups in total. The van der Waals surface area contributed by atoms with E-state index in [0.29, 0.717) is 6.04 Å². The zero-order valence-electron chi connectivity index (χ0n) is 12.3. The number of rotatable bonds is 6. The van der Waals surface area contributed by atoms with Gasteiger partial charge in [-0.15, -0.1) is 11.8 Å². The van der Waals surface area contributed by atoms with E-state index in [1.54, 1.807) is 0 Å². The average molecular weight is 299 g/mol. The molecular formula is C18H21NOS. The van der Waals surface area contributed by atoms with Crippen molar-refractivity contribution >= 4 is 11.8 Å². The highest BCUT2D eigenvalue weighted by Crippen LogP contribution is 2.28. The molecule has 0 fully saturated rings. The fourth-order valence-corrected chi connectivity index (χ4v) is 3.36. The molecule has 0 aliphatic carbocycles. The van der Waals surface area contributed by atoms with Crippen molar-refractivity contribution in [1.29, 1.82) is 0 Å². The third kappa shape index (κ3) is 3.80. The molecule has 1 aliphatic rings. The Morgan fingerprint density at radius 2 is 2.05 bits per heavy atom. The minimum absolute atomic E-state index is 0.382. The molecule has 0 radical (unpaired) electrons. The molecule has 2 aromatic rings. The van der Waals surface area contributed by atoms with Crippen molar-refractivity contribution in [1.82, 2.24) is 5.32 Å². The van der Waals surface area contributed by atoms with Crippen LogP contribution in [0.1, 0.15) is 24.1 Å². The van der Waals surface area contributed by atoms with Crippen LogP contribution in [0.4, 0.5) is 0 Å². The second kappa shape index (κ2) is 7.01. The highest BCUT2D eigenvalue weighted by Gasteiger charge is 2.14. The molecule has 3 heteroatoms. The Morgan fingerprint density at radius 1 is 1.19 bits per heavy atom. The monoisotopic (exact) mass is 299 g/mol. The number of hydrogen-bond acceptors (Lipinski definition) is 3. The summed E-state index contributed by atoms with van der Waals surface area (Å²) in [5, 5.41) is 3.60. The predicted molar refractivity (Wildman–Crippen MR) is 89.2 cm³/mol. The molecule has 0 bridgehead atoms. The van der Waals surface area contributed by atoms with E-state index in [0.717, 1.165) is 31.1 Å². The first kappa shape index (κ1) is 14.5. The van der Waals surface area contributed by atoms with E-state index in [1.807, 2.05) is 11.8 Å². The first-order valence-electron chi connectivity index (χ1n) is 7.50. The van der Waals surface area contributed by atoms with Gasteiger partial charge in [0.2, 0.25) is 0 Å². The third-order valence-electron chi connectivity index (χ3n) is 3.78.